The van der Waals surface area contributed by atoms with Crippen molar-refractivity contribution in [3.63, 3.8) is 0 Å². The first-order valence-corrected chi connectivity index (χ1v) is 9.71. The van der Waals surface area contributed by atoms with Gasteiger partial charge in [-0.15, -0.1) is 0 Å². The van der Waals surface area contributed by atoms with Crippen LogP contribution in [0.3, 0.4) is 0 Å². The standard InChI is InChI=1S/C17H21N3O3S/c1-11-6-12(2)8-14(7-11)18-9-16-13(3)19-20(17(16)21)15-4-5-24(22,23)10-15/h6-9,15,19H,4-5,10H2,1-3H3. The predicted octanol–water partition coefficient (Wildman–Crippen LogP) is 2.21. The average Bonchev–Trinajstić information content (AvgIpc) is 2.96. The van der Waals surface area contributed by atoms with Crippen molar-refractivity contribution in [3.8, 4) is 0 Å². The van der Waals surface area contributed by atoms with E-state index in [0.717, 1.165) is 16.8 Å². The molecule has 0 bridgehead atoms. The molecule has 1 aromatic carbocycles. The van der Waals surface area contributed by atoms with Gasteiger partial charge in [0.05, 0.1) is 28.8 Å². The number of aryl methyl sites for hydroxylation is 3. The topological polar surface area (TPSA) is 84.3 Å². The third-order valence-corrected chi connectivity index (χ3v) is 6.01. The molecular weight excluding hydrogens is 326 g/mol. The SMILES string of the molecule is Cc1cc(C)cc(N=Cc2c(C)[nH]n(C3CCS(=O)(=O)C3)c2=O)c1. The lowest BCUT2D eigenvalue weighted by atomic mass is 10.1. The maximum absolute atomic E-state index is 12.6. The van der Waals surface area contributed by atoms with Crippen LogP contribution in [0.2, 0.25) is 0 Å². The molecule has 1 aliphatic rings. The summed E-state index contributed by atoms with van der Waals surface area (Å²) < 4.78 is 24.7. The van der Waals surface area contributed by atoms with E-state index in [1.807, 2.05) is 26.0 Å². The van der Waals surface area contributed by atoms with Crippen LogP contribution < -0.4 is 5.56 Å². The molecule has 2 heterocycles. The highest BCUT2D eigenvalue weighted by Gasteiger charge is 2.31. The highest BCUT2D eigenvalue weighted by molar-refractivity contribution is 7.91. The number of benzene rings is 1. The number of H-pyrrole nitrogens is 1. The first-order chi connectivity index (χ1) is 11.2. The van der Waals surface area contributed by atoms with Crippen LogP contribution in [-0.4, -0.2) is 35.9 Å². The molecule has 6 nitrogen and oxygen atoms in total. The zero-order chi connectivity index (χ0) is 17.5. The fraction of sp³-hybridized carbons (Fsp3) is 0.412. The summed E-state index contributed by atoms with van der Waals surface area (Å²) in [6.07, 6.45) is 2.03. The van der Waals surface area contributed by atoms with E-state index >= 15 is 0 Å². The van der Waals surface area contributed by atoms with Gasteiger partial charge in [0.1, 0.15) is 0 Å². The molecule has 1 fully saturated rings. The van der Waals surface area contributed by atoms with Gasteiger partial charge in [0.25, 0.3) is 5.56 Å². The Morgan fingerprint density at radius 1 is 1.21 bits per heavy atom. The van der Waals surface area contributed by atoms with Crippen LogP contribution in [0.4, 0.5) is 5.69 Å². The molecule has 0 radical (unpaired) electrons. The minimum Gasteiger partial charge on any atom is -0.299 e. The summed E-state index contributed by atoms with van der Waals surface area (Å²) in [6.45, 7) is 5.80. The molecule has 0 spiro atoms. The molecule has 1 saturated heterocycles. The van der Waals surface area contributed by atoms with Crippen molar-refractivity contribution >= 4 is 21.7 Å². The van der Waals surface area contributed by atoms with Gasteiger partial charge in [-0.2, -0.15) is 0 Å². The first-order valence-electron chi connectivity index (χ1n) is 7.89. The van der Waals surface area contributed by atoms with E-state index in [9.17, 15) is 13.2 Å². The molecule has 1 unspecified atom stereocenters. The lowest BCUT2D eigenvalue weighted by Crippen LogP contribution is -2.25. The Morgan fingerprint density at radius 2 is 1.88 bits per heavy atom. The van der Waals surface area contributed by atoms with Crippen LogP contribution in [0.5, 0.6) is 0 Å². The zero-order valence-corrected chi connectivity index (χ0v) is 14.9. The van der Waals surface area contributed by atoms with Crippen molar-refractivity contribution in [2.45, 2.75) is 33.2 Å². The van der Waals surface area contributed by atoms with Crippen LogP contribution in [0.1, 0.15) is 34.8 Å². The number of hydrogen-bond donors (Lipinski definition) is 1. The van der Waals surface area contributed by atoms with Gasteiger partial charge in [0, 0.05) is 11.9 Å². The molecule has 1 aliphatic heterocycles. The van der Waals surface area contributed by atoms with Crippen LogP contribution in [0.15, 0.2) is 28.0 Å². The predicted molar refractivity (Wildman–Crippen MR) is 95.3 cm³/mol. The molecule has 1 N–H and O–H groups in total. The molecule has 1 aromatic heterocycles. The minimum atomic E-state index is -3.04. The number of aromatic nitrogens is 2. The minimum absolute atomic E-state index is 0.0144. The Kier molecular flexibility index (Phi) is 4.21. The lowest BCUT2D eigenvalue weighted by Gasteiger charge is -2.07. The third kappa shape index (κ3) is 3.36. The van der Waals surface area contributed by atoms with Crippen LogP contribution in [0.25, 0.3) is 0 Å². The summed E-state index contributed by atoms with van der Waals surface area (Å²) in [5.41, 5.74) is 3.96. The van der Waals surface area contributed by atoms with Gasteiger partial charge in [0.2, 0.25) is 0 Å². The molecule has 0 aliphatic carbocycles. The summed E-state index contributed by atoms with van der Waals surface area (Å²) in [6, 6.07) is 5.65. The third-order valence-electron chi connectivity index (χ3n) is 4.26. The molecular formula is C17H21N3O3S. The van der Waals surface area contributed by atoms with E-state index in [1.54, 1.807) is 13.1 Å². The number of nitrogens with one attached hydrogen (secondary N) is 1. The van der Waals surface area contributed by atoms with E-state index in [0.29, 0.717) is 17.7 Å². The number of nitrogens with zero attached hydrogens (tertiary/aromatic N) is 2. The highest BCUT2D eigenvalue weighted by atomic mass is 32.2. The zero-order valence-electron chi connectivity index (χ0n) is 14.0. The van der Waals surface area contributed by atoms with Crippen molar-refractivity contribution in [3.05, 3.63) is 50.9 Å². The Morgan fingerprint density at radius 3 is 2.46 bits per heavy atom. The number of sulfone groups is 1. The number of rotatable bonds is 3. The summed E-state index contributed by atoms with van der Waals surface area (Å²) in [5.74, 6) is 0.148. The Balaban J connectivity index is 1.92. The van der Waals surface area contributed by atoms with Crippen molar-refractivity contribution in [1.29, 1.82) is 0 Å². The van der Waals surface area contributed by atoms with Gasteiger partial charge in [0.15, 0.2) is 9.84 Å². The Hall–Kier alpha value is -2.15. The van der Waals surface area contributed by atoms with Crippen LogP contribution in [-0.2, 0) is 9.84 Å². The molecule has 2 aromatic rings. The molecule has 7 heteroatoms. The van der Waals surface area contributed by atoms with Crippen LogP contribution in [0, 0.1) is 20.8 Å². The average molecular weight is 347 g/mol. The smallest absolute Gasteiger partial charge is 0.275 e. The van der Waals surface area contributed by atoms with Crippen LogP contribution >= 0.6 is 0 Å². The van der Waals surface area contributed by atoms with Gasteiger partial charge in [-0.3, -0.25) is 14.9 Å². The Bertz CT molecular complexity index is 947. The second kappa shape index (κ2) is 6.05. The van der Waals surface area contributed by atoms with Crippen molar-refractivity contribution < 1.29 is 8.42 Å². The van der Waals surface area contributed by atoms with Gasteiger partial charge in [-0.25, -0.2) is 13.1 Å². The summed E-state index contributed by atoms with van der Waals surface area (Å²) in [5, 5.41) is 3.00. The first kappa shape index (κ1) is 16.7. The van der Waals surface area contributed by atoms with E-state index in [2.05, 4.69) is 16.2 Å². The van der Waals surface area contributed by atoms with Crippen molar-refractivity contribution in [2.24, 2.45) is 4.99 Å². The van der Waals surface area contributed by atoms with E-state index in [4.69, 9.17) is 0 Å². The van der Waals surface area contributed by atoms with E-state index in [1.165, 1.54) is 4.68 Å². The molecule has 24 heavy (non-hydrogen) atoms. The quantitative estimate of drug-likeness (QED) is 0.864. The van der Waals surface area contributed by atoms with Gasteiger partial charge in [-0.1, -0.05) is 6.07 Å². The maximum atomic E-state index is 12.6. The normalized spacial score (nSPS) is 20.0. The van der Waals surface area contributed by atoms with Crippen molar-refractivity contribution in [1.82, 2.24) is 9.78 Å². The number of aromatic amines is 1. The van der Waals surface area contributed by atoms with Gasteiger partial charge >= 0.3 is 0 Å². The highest BCUT2D eigenvalue weighted by Crippen LogP contribution is 2.22. The Labute approximate surface area is 141 Å². The molecule has 3 rings (SSSR count). The van der Waals surface area contributed by atoms with Crippen molar-refractivity contribution in [2.75, 3.05) is 11.5 Å². The second-order valence-electron chi connectivity index (χ2n) is 6.49. The lowest BCUT2D eigenvalue weighted by molar-refractivity contribution is 0.483. The van der Waals surface area contributed by atoms with Gasteiger partial charge in [-0.05, 0) is 50.5 Å². The van der Waals surface area contributed by atoms with Gasteiger partial charge < -0.3 is 0 Å². The maximum Gasteiger partial charge on any atom is 0.275 e. The summed E-state index contributed by atoms with van der Waals surface area (Å²) >= 11 is 0. The van der Waals surface area contributed by atoms with E-state index < -0.39 is 9.84 Å². The molecule has 0 amide bonds. The summed E-state index contributed by atoms with van der Waals surface area (Å²) in [4.78, 5) is 17.0. The largest absolute Gasteiger partial charge is 0.299 e. The number of hydrogen-bond acceptors (Lipinski definition) is 4. The monoisotopic (exact) mass is 347 g/mol. The summed E-state index contributed by atoms with van der Waals surface area (Å²) in [7, 11) is -3.04. The fourth-order valence-electron chi connectivity index (χ4n) is 3.13. The molecule has 128 valence electrons. The molecule has 1 atom stereocenters. The number of aliphatic imine (C=N–C) groups is 1. The van der Waals surface area contributed by atoms with E-state index in [-0.39, 0.29) is 23.1 Å². The second-order valence-corrected chi connectivity index (χ2v) is 8.72. The molecule has 0 saturated carbocycles. The fourth-order valence-corrected chi connectivity index (χ4v) is 4.83.